The molecule has 94 valence electrons. The van der Waals surface area contributed by atoms with Crippen molar-refractivity contribution in [1.82, 2.24) is 15.4 Å². The third-order valence-electron chi connectivity index (χ3n) is 2.52. The van der Waals surface area contributed by atoms with Crippen LogP contribution in [-0.4, -0.2) is 9.97 Å². The molecule has 0 aliphatic rings. The normalized spacial score (nSPS) is 12.4. The van der Waals surface area contributed by atoms with E-state index in [0.29, 0.717) is 22.3 Å². The Morgan fingerprint density at radius 3 is 2.50 bits per heavy atom. The lowest BCUT2D eigenvalue weighted by atomic mass is 10.1. The molecular formula is C12H12Cl2N4. The van der Waals surface area contributed by atoms with Gasteiger partial charge in [0, 0.05) is 12.4 Å². The number of nitrogens with zero attached hydrogens (tertiary/aromatic N) is 2. The summed E-state index contributed by atoms with van der Waals surface area (Å²) < 4.78 is 0. The topological polar surface area (TPSA) is 63.8 Å². The molecule has 2 rings (SSSR count). The van der Waals surface area contributed by atoms with Crippen LogP contribution < -0.4 is 11.3 Å². The van der Waals surface area contributed by atoms with Gasteiger partial charge in [0.1, 0.15) is 5.82 Å². The number of hydrogen-bond donors (Lipinski definition) is 2. The standard InChI is InChI=1S/C12H12Cl2N4/c13-9-3-2-8(6-10(9)14)7-11(18-15)12-16-4-1-5-17-12/h1-6,11,18H,7,15H2. The number of aromatic nitrogens is 2. The highest BCUT2D eigenvalue weighted by molar-refractivity contribution is 6.42. The van der Waals surface area contributed by atoms with E-state index in [1.165, 1.54) is 0 Å². The third-order valence-corrected chi connectivity index (χ3v) is 3.26. The summed E-state index contributed by atoms with van der Waals surface area (Å²) in [5, 5.41) is 1.06. The summed E-state index contributed by atoms with van der Waals surface area (Å²) in [7, 11) is 0. The molecule has 1 heterocycles. The van der Waals surface area contributed by atoms with Gasteiger partial charge in [-0.25, -0.2) is 15.4 Å². The second-order valence-electron chi connectivity index (χ2n) is 3.78. The van der Waals surface area contributed by atoms with Gasteiger partial charge >= 0.3 is 0 Å². The van der Waals surface area contributed by atoms with Crippen LogP contribution in [0.5, 0.6) is 0 Å². The second kappa shape index (κ2) is 6.11. The summed E-state index contributed by atoms with van der Waals surface area (Å²) in [4.78, 5) is 8.35. The van der Waals surface area contributed by atoms with Crippen molar-refractivity contribution in [1.29, 1.82) is 0 Å². The molecule has 0 saturated carbocycles. The number of hydrazine groups is 1. The first-order valence-electron chi connectivity index (χ1n) is 5.37. The number of halogens is 2. The summed E-state index contributed by atoms with van der Waals surface area (Å²) in [6.45, 7) is 0. The van der Waals surface area contributed by atoms with Crippen LogP contribution in [0.1, 0.15) is 17.4 Å². The average Bonchev–Trinajstić information content (AvgIpc) is 2.41. The van der Waals surface area contributed by atoms with Crippen molar-refractivity contribution in [2.75, 3.05) is 0 Å². The Labute approximate surface area is 115 Å². The van der Waals surface area contributed by atoms with Crippen LogP contribution in [0.2, 0.25) is 10.0 Å². The summed E-state index contributed by atoms with van der Waals surface area (Å²) in [6, 6.07) is 7.08. The van der Waals surface area contributed by atoms with Gasteiger partial charge in [0.15, 0.2) is 0 Å². The van der Waals surface area contributed by atoms with Crippen LogP contribution >= 0.6 is 23.2 Å². The number of nitrogens with two attached hydrogens (primary N) is 1. The largest absolute Gasteiger partial charge is 0.271 e. The predicted octanol–water partition coefficient (Wildman–Crippen LogP) is 2.53. The molecule has 4 nitrogen and oxygen atoms in total. The van der Waals surface area contributed by atoms with Crippen molar-refractivity contribution in [2.45, 2.75) is 12.5 Å². The van der Waals surface area contributed by atoms with E-state index in [0.717, 1.165) is 5.56 Å². The smallest absolute Gasteiger partial charge is 0.146 e. The Hall–Kier alpha value is -1.20. The molecule has 1 atom stereocenters. The summed E-state index contributed by atoms with van der Waals surface area (Å²) in [5.74, 6) is 6.18. The van der Waals surface area contributed by atoms with E-state index in [9.17, 15) is 0 Å². The predicted molar refractivity (Wildman–Crippen MR) is 72.3 cm³/mol. The lowest BCUT2D eigenvalue weighted by molar-refractivity contribution is 0.522. The monoisotopic (exact) mass is 282 g/mol. The zero-order valence-electron chi connectivity index (χ0n) is 9.48. The van der Waals surface area contributed by atoms with Gasteiger partial charge in [0.2, 0.25) is 0 Å². The van der Waals surface area contributed by atoms with Crippen LogP contribution in [0.15, 0.2) is 36.7 Å². The van der Waals surface area contributed by atoms with E-state index in [2.05, 4.69) is 15.4 Å². The maximum Gasteiger partial charge on any atom is 0.146 e. The molecule has 0 spiro atoms. The Morgan fingerprint density at radius 1 is 1.17 bits per heavy atom. The highest BCUT2D eigenvalue weighted by Gasteiger charge is 2.13. The average molecular weight is 283 g/mol. The Morgan fingerprint density at radius 2 is 1.89 bits per heavy atom. The van der Waals surface area contributed by atoms with E-state index in [1.807, 2.05) is 12.1 Å². The minimum Gasteiger partial charge on any atom is -0.271 e. The first kappa shape index (κ1) is 13.2. The van der Waals surface area contributed by atoms with E-state index in [-0.39, 0.29) is 6.04 Å². The molecule has 18 heavy (non-hydrogen) atoms. The van der Waals surface area contributed by atoms with Crippen molar-refractivity contribution in [3.05, 3.63) is 58.1 Å². The van der Waals surface area contributed by atoms with Gasteiger partial charge in [0.25, 0.3) is 0 Å². The molecule has 1 aromatic heterocycles. The molecular weight excluding hydrogens is 271 g/mol. The minimum absolute atomic E-state index is 0.163. The Balaban J connectivity index is 2.18. The first-order chi connectivity index (χ1) is 8.70. The molecule has 2 aromatic rings. The molecule has 0 aliphatic carbocycles. The van der Waals surface area contributed by atoms with Gasteiger partial charge < -0.3 is 0 Å². The number of hydrogen-bond acceptors (Lipinski definition) is 4. The summed E-state index contributed by atoms with van der Waals surface area (Å²) in [5.41, 5.74) is 3.71. The molecule has 0 bridgehead atoms. The number of benzene rings is 1. The minimum atomic E-state index is -0.163. The maximum absolute atomic E-state index is 5.97. The lowest BCUT2D eigenvalue weighted by Crippen LogP contribution is -2.30. The quantitative estimate of drug-likeness (QED) is 0.668. The number of rotatable bonds is 4. The van der Waals surface area contributed by atoms with Crippen molar-refractivity contribution in [3.63, 3.8) is 0 Å². The highest BCUT2D eigenvalue weighted by Crippen LogP contribution is 2.24. The molecule has 0 fully saturated rings. The van der Waals surface area contributed by atoms with Crippen molar-refractivity contribution in [2.24, 2.45) is 5.84 Å². The molecule has 3 N–H and O–H groups in total. The van der Waals surface area contributed by atoms with Gasteiger partial charge in [-0.05, 0) is 30.2 Å². The zero-order chi connectivity index (χ0) is 13.0. The van der Waals surface area contributed by atoms with Crippen molar-refractivity contribution >= 4 is 23.2 Å². The molecule has 1 aromatic carbocycles. The van der Waals surface area contributed by atoms with E-state index < -0.39 is 0 Å². The Bertz CT molecular complexity index is 519. The van der Waals surface area contributed by atoms with Gasteiger partial charge in [-0.3, -0.25) is 5.84 Å². The van der Waals surface area contributed by atoms with Gasteiger partial charge in [-0.2, -0.15) is 0 Å². The SMILES string of the molecule is NNC(Cc1ccc(Cl)c(Cl)c1)c1ncccn1. The van der Waals surface area contributed by atoms with Crippen LogP contribution in [0.25, 0.3) is 0 Å². The summed E-state index contributed by atoms with van der Waals surface area (Å²) >= 11 is 11.8. The Kier molecular flexibility index (Phi) is 4.49. The fourth-order valence-corrected chi connectivity index (χ4v) is 1.94. The summed E-state index contributed by atoms with van der Waals surface area (Å²) in [6.07, 6.45) is 4.00. The van der Waals surface area contributed by atoms with Crippen LogP contribution in [0.4, 0.5) is 0 Å². The molecule has 0 radical (unpaired) electrons. The van der Waals surface area contributed by atoms with E-state index in [4.69, 9.17) is 29.0 Å². The molecule has 0 saturated heterocycles. The van der Waals surface area contributed by atoms with Gasteiger partial charge in [0.05, 0.1) is 16.1 Å². The molecule has 6 heteroatoms. The van der Waals surface area contributed by atoms with Crippen LogP contribution in [0.3, 0.4) is 0 Å². The van der Waals surface area contributed by atoms with Crippen LogP contribution in [0, 0.1) is 0 Å². The maximum atomic E-state index is 5.97. The van der Waals surface area contributed by atoms with Crippen molar-refractivity contribution in [3.8, 4) is 0 Å². The zero-order valence-corrected chi connectivity index (χ0v) is 11.0. The number of nitrogens with one attached hydrogen (secondary N) is 1. The van der Waals surface area contributed by atoms with Crippen molar-refractivity contribution < 1.29 is 0 Å². The fourth-order valence-electron chi connectivity index (χ4n) is 1.62. The molecule has 0 aliphatic heterocycles. The van der Waals surface area contributed by atoms with Gasteiger partial charge in [-0.15, -0.1) is 0 Å². The fraction of sp³-hybridized carbons (Fsp3) is 0.167. The third kappa shape index (κ3) is 3.17. The highest BCUT2D eigenvalue weighted by atomic mass is 35.5. The van der Waals surface area contributed by atoms with E-state index >= 15 is 0 Å². The first-order valence-corrected chi connectivity index (χ1v) is 6.13. The van der Waals surface area contributed by atoms with E-state index in [1.54, 1.807) is 24.5 Å². The molecule has 0 amide bonds. The van der Waals surface area contributed by atoms with Gasteiger partial charge in [-0.1, -0.05) is 29.3 Å². The second-order valence-corrected chi connectivity index (χ2v) is 4.59. The molecule has 1 unspecified atom stereocenters. The van der Waals surface area contributed by atoms with Crippen LogP contribution in [-0.2, 0) is 6.42 Å². The lowest BCUT2D eigenvalue weighted by Gasteiger charge is -2.14.